The molecule has 2 nitrogen and oxygen atoms in total. The van der Waals surface area contributed by atoms with Crippen molar-refractivity contribution in [2.45, 2.75) is 24.6 Å². The van der Waals surface area contributed by atoms with Gasteiger partial charge in [-0.15, -0.1) is 11.6 Å². The predicted octanol–water partition coefficient (Wildman–Crippen LogP) is 1.94. The van der Waals surface area contributed by atoms with Crippen LogP contribution in [0, 0.1) is 5.21 Å². The van der Waals surface area contributed by atoms with E-state index in [-0.39, 0.29) is 5.38 Å². The third-order valence-corrected chi connectivity index (χ3v) is 2.76. The molecule has 12 heavy (non-hydrogen) atoms. The van der Waals surface area contributed by atoms with Crippen LogP contribution in [0.25, 0.3) is 0 Å². The summed E-state index contributed by atoms with van der Waals surface area (Å²) in [4.78, 5) is 0. The fraction of sp³-hybridized carbons (Fsp3) is 0.444. The Kier molecular flexibility index (Phi) is 1.93. The Morgan fingerprint density at radius 2 is 2.42 bits per heavy atom. The van der Waals surface area contributed by atoms with Crippen molar-refractivity contribution in [3.63, 3.8) is 0 Å². The van der Waals surface area contributed by atoms with E-state index in [9.17, 15) is 5.21 Å². The Hall–Kier alpha value is -0.760. The minimum Gasteiger partial charge on any atom is -0.618 e. The van der Waals surface area contributed by atoms with Gasteiger partial charge in [0.15, 0.2) is 11.9 Å². The molecule has 2 rings (SSSR count). The maximum absolute atomic E-state index is 11.3. The van der Waals surface area contributed by atoms with Crippen molar-refractivity contribution in [3.05, 3.63) is 34.8 Å². The van der Waals surface area contributed by atoms with Gasteiger partial charge in [0, 0.05) is 18.1 Å². The van der Waals surface area contributed by atoms with Gasteiger partial charge in [-0.1, -0.05) is 0 Å². The van der Waals surface area contributed by atoms with E-state index in [2.05, 4.69) is 0 Å². The molecule has 1 unspecified atom stereocenters. The van der Waals surface area contributed by atoms with Gasteiger partial charge in [-0.05, 0) is 18.9 Å². The Bertz CT molecular complexity index is 301. The summed E-state index contributed by atoms with van der Waals surface area (Å²) in [5.74, 6) is 0. The van der Waals surface area contributed by atoms with Gasteiger partial charge in [0.05, 0.1) is 5.38 Å². The summed E-state index contributed by atoms with van der Waals surface area (Å²) >= 11 is 6.07. The van der Waals surface area contributed by atoms with E-state index in [1.807, 2.05) is 6.07 Å². The number of pyridine rings is 1. The van der Waals surface area contributed by atoms with Crippen molar-refractivity contribution in [2.75, 3.05) is 0 Å². The van der Waals surface area contributed by atoms with Gasteiger partial charge in [0.1, 0.15) is 0 Å². The van der Waals surface area contributed by atoms with Crippen LogP contribution < -0.4 is 4.73 Å². The molecule has 3 heteroatoms. The molecular formula is C9H10ClNO. The Balaban J connectivity index is 2.52. The highest BCUT2D eigenvalue weighted by Crippen LogP contribution is 2.32. The van der Waals surface area contributed by atoms with Gasteiger partial charge in [-0.3, -0.25) is 0 Å². The predicted molar refractivity (Wildman–Crippen MR) is 46.9 cm³/mol. The number of alkyl halides is 1. The summed E-state index contributed by atoms with van der Waals surface area (Å²) < 4.78 is 0.934. The summed E-state index contributed by atoms with van der Waals surface area (Å²) in [5.41, 5.74) is 1.86. The number of rotatable bonds is 0. The lowest BCUT2D eigenvalue weighted by molar-refractivity contribution is -0.614. The van der Waals surface area contributed by atoms with Crippen molar-refractivity contribution in [2.24, 2.45) is 0 Å². The quantitative estimate of drug-likeness (QED) is 0.343. The Morgan fingerprint density at radius 3 is 3.17 bits per heavy atom. The number of hydrogen-bond acceptors (Lipinski definition) is 1. The molecule has 0 radical (unpaired) electrons. The number of fused-ring (bicyclic) bond motifs is 1. The molecule has 0 saturated carbocycles. The van der Waals surface area contributed by atoms with E-state index in [4.69, 9.17) is 11.6 Å². The standard InChI is InChI=1S/C9H10ClNO/c10-8-4-1-5-9-7(8)3-2-6-11(9)12/h2-3,6,8H,1,4-5H2. The van der Waals surface area contributed by atoms with Crippen molar-refractivity contribution < 1.29 is 4.73 Å². The molecule has 1 aromatic rings. The SMILES string of the molecule is [O-][n+]1cccc2c1CCCC2Cl. The molecule has 0 fully saturated rings. The molecule has 1 aromatic heterocycles. The van der Waals surface area contributed by atoms with Crippen molar-refractivity contribution in [1.29, 1.82) is 0 Å². The van der Waals surface area contributed by atoms with E-state index in [1.54, 1.807) is 6.07 Å². The fourth-order valence-corrected chi connectivity index (χ4v) is 2.04. The largest absolute Gasteiger partial charge is 0.618 e. The van der Waals surface area contributed by atoms with E-state index in [1.165, 1.54) is 6.20 Å². The highest BCUT2D eigenvalue weighted by atomic mass is 35.5. The van der Waals surface area contributed by atoms with Crippen LogP contribution in [-0.4, -0.2) is 0 Å². The topological polar surface area (TPSA) is 26.9 Å². The highest BCUT2D eigenvalue weighted by molar-refractivity contribution is 6.20. The van der Waals surface area contributed by atoms with Gasteiger partial charge in [0.25, 0.3) is 0 Å². The first-order valence-corrected chi connectivity index (χ1v) is 4.57. The molecule has 0 bridgehead atoms. The summed E-state index contributed by atoms with van der Waals surface area (Å²) in [6.07, 6.45) is 4.41. The first-order chi connectivity index (χ1) is 5.79. The molecule has 1 aliphatic rings. The zero-order valence-electron chi connectivity index (χ0n) is 6.66. The maximum atomic E-state index is 11.3. The average Bonchev–Trinajstić information content (AvgIpc) is 2.07. The summed E-state index contributed by atoms with van der Waals surface area (Å²) in [6.45, 7) is 0. The van der Waals surface area contributed by atoms with Crippen LogP contribution in [-0.2, 0) is 6.42 Å². The van der Waals surface area contributed by atoms with Crippen LogP contribution in [0.1, 0.15) is 29.5 Å². The lowest BCUT2D eigenvalue weighted by atomic mass is 9.96. The van der Waals surface area contributed by atoms with Gasteiger partial charge < -0.3 is 5.21 Å². The molecule has 64 valence electrons. The second kappa shape index (κ2) is 2.94. The van der Waals surface area contributed by atoms with Gasteiger partial charge in [-0.2, -0.15) is 4.73 Å². The zero-order chi connectivity index (χ0) is 8.55. The molecule has 1 aliphatic carbocycles. The smallest absolute Gasteiger partial charge is 0.197 e. The third-order valence-electron chi connectivity index (χ3n) is 2.31. The number of hydrogen-bond donors (Lipinski definition) is 0. The molecule has 0 aromatic carbocycles. The van der Waals surface area contributed by atoms with Gasteiger partial charge in [0.2, 0.25) is 0 Å². The minimum atomic E-state index is 0.0372. The molecule has 0 saturated heterocycles. The number of nitrogens with zero attached hydrogens (tertiary/aromatic N) is 1. The fourth-order valence-electron chi connectivity index (χ4n) is 1.68. The highest BCUT2D eigenvalue weighted by Gasteiger charge is 2.23. The second-order valence-corrected chi connectivity index (χ2v) is 3.62. The molecule has 0 amide bonds. The van der Waals surface area contributed by atoms with Crippen LogP contribution in [0.4, 0.5) is 0 Å². The first kappa shape index (κ1) is 7.87. The normalized spacial score (nSPS) is 21.9. The van der Waals surface area contributed by atoms with Crippen LogP contribution in [0.3, 0.4) is 0 Å². The number of halogens is 1. The molecule has 1 heterocycles. The average molecular weight is 184 g/mol. The molecule has 0 spiro atoms. The number of aromatic nitrogens is 1. The van der Waals surface area contributed by atoms with Crippen LogP contribution in [0.2, 0.25) is 0 Å². The molecule has 0 aliphatic heterocycles. The van der Waals surface area contributed by atoms with E-state index in [0.717, 1.165) is 35.3 Å². The molecule has 0 N–H and O–H groups in total. The summed E-state index contributed by atoms with van der Waals surface area (Å²) in [7, 11) is 0. The zero-order valence-corrected chi connectivity index (χ0v) is 7.42. The molecular weight excluding hydrogens is 174 g/mol. The lowest BCUT2D eigenvalue weighted by Gasteiger charge is -2.18. The van der Waals surface area contributed by atoms with Crippen molar-refractivity contribution >= 4 is 11.6 Å². The minimum absolute atomic E-state index is 0.0372. The molecule has 1 atom stereocenters. The van der Waals surface area contributed by atoms with E-state index in [0.29, 0.717) is 0 Å². The summed E-state index contributed by atoms with van der Waals surface area (Å²) in [5, 5.41) is 11.3. The van der Waals surface area contributed by atoms with Crippen LogP contribution in [0.5, 0.6) is 0 Å². The van der Waals surface area contributed by atoms with Crippen LogP contribution >= 0.6 is 11.6 Å². The van der Waals surface area contributed by atoms with Gasteiger partial charge in [-0.25, -0.2) is 0 Å². The summed E-state index contributed by atoms with van der Waals surface area (Å²) in [6, 6.07) is 3.70. The van der Waals surface area contributed by atoms with Crippen molar-refractivity contribution in [1.82, 2.24) is 0 Å². The monoisotopic (exact) mass is 183 g/mol. The lowest BCUT2D eigenvalue weighted by Crippen LogP contribution is -2.34. The second-order valence-electron chi connectivity index (χ2n) is 3.10. The van der Waals surface area contributed by atoms with E-state index < -0.39 is 0 Å². The van der Waals surface area contributed by atoms with E-state index >= 15 is 0 Å². The van der Waals surface area contributed by atoms with Crippen LogP contribution in [0.15, 0.2) is 18.3 Å². The third kappa shape index (κ3) is 1.16. The van der Waals surface area contributed by atoms with Gasteiger partial charge >= 0.3 is 0 Å². The Labute approximate surface area is 76.4 Å². The van der Waals surface area contributed by atoms with Crippen molar-refractivity contribution in [3.8, 4) is 0 Å². The Morgan fingerprint density at radius 1 is 1.58 bits per heavy atom. The first-order valence-electron chi connectivity index (χ1n) is 4.14. The maximum Gasteiger partial charge on any atom is 0.197 e.